The molecule has 1 aromatic rings. The van der Waals surface area contributed by atoms with E-state index in [1.165, 1.54) is 12.1 Å². The second kappa shape index (κ2) is 6.35. The van der Waals surface area contributed by atoms with E-state index in [-0.39, 0.29) is 23.9 Å². The molecule has 0 spiro atoms. The first-order chi connectivity index (χ1) is 7.94. The van der Waals surface area contributed by atoms with Crippen molar-refractivity contribution in [3.63, 3.8) is 0 Å². The van der Waals surface area contributed by atoms with Gasteiger partial charge in [0.15, 0.2) is 11.6 Å². The first-order valence-corrected chi connectivity index (χ1v) is 7.84. The van der Waals surface area contributed by atoms with Gasteiger partial charge in [0.25, 0.3) is 0 Å². The molecule has 0 atom stereocenters. The van der Waals surface area contributed by atoms with E-state index in [2.05, 4.69) is 15.9 Å². The predicted molar refractivity (Wildman–Crippen MR) is 68.5 cm³/mol. The fourth-order valence-corrected chi connectivity index (χ4v) is 2.38. The minimum Gasteiger partial charge on any atom is -0.490 e. The first kappa shape index (κ1) is 14.4. The summed E-state index contributed by atoms with van der Waals surface area (Å²) in [5.74, 6) is -0.128. The van der Waals surface area contributed by atoms with Crippen molar-refractivity contribution in [1.82, 2.24) is 0 Å². The Kier molecular flexibility index (Phi) is 5.39. The van der Waals surface area contributed by atoms with Crippen LogP contribution in [-0.4, -0.2) is 26.5 Å². The lowest BCUT2D eigenvalue weighted by molar-refractivity contribution is 0.301. The average Bonchev–Trinajstić information content (AvgIpc) is 2.29. The highest BCUT2D eigenvalue weighted by molar-refractivity contribution is 9.10. The lowest BCUT2D eigenvalue weighted by Crippen LogP contribution is -2.12. The topological polar surface area (TPSA) is 43.4 Å². The van der Waals surface area contributed by atoms with E-state index in [1.54, 1.807) is 13.0 Å². The first-order valence-electron chi connectivity index (χ1n) is 5.23. The highest BCUT2D eigenvalue weighted by atomic mass is 79.9. The van der Waals surface area contributed by atoms with Gasteiger partial charge in [0.2, 0.25) is 0 Å². The number of hydrogen-bond acceptors (Lipinski definition) is 3. The van der Waals surface area contributed by atoms with Crippen LogP contribution in [0.3, 0.4) is 0 Å². The van der Waals surface area contributed by atoms with Crippen LogP contribution in [0.25, 0.3) is 0 Å². The zero-order chi connectivity index (χ0) is 12.9. The molecule has 0 aliphatic rings. The Morgan fingerprint density at radius 2 is 2.12 bits per heavy atom. The van der Waals surface area contributed by atoms with Crippen molar-refractivity contribution in [2.45, 2.75) is 13.3 Å². The molecule has 0 aliphatic carbocycles. The van der Waals surface area contributed by atoms with E-state index >= 15 is 0 Å². The monoisotopic (exact) mass is 324 g/mol. The van der Waals surface area contributed by atoms with E-state index in [0.717, 1.165) is 4.47 Å². The Labute approximate surface area is 109 Å². The standard InChI is InChI=1S/C11H14BrFO3S/c1-2-17(14,15)7-3-6-16-11-8-9(12)4-5-10(11)13/h4-5,8H,2-3,6-7H2,1H3. The van der Waals surface area contributed by atoms with Crippen LogP contribution in [0.1, 0.15) is 13.3 Å². The quantitative estimate of drug-likeness (QED) is 0.756. The summed E-state index contributed by atoms with van der Waals surface area (Å²) in [5.41, 5.74) is 0. The molecule has 0 saturated carbocycles. The minimum absolute atomic E-state index is 0.0686. The van der Waals surface area contributed by atoms with Crippen LogP contribution >= 0.6 is 15.9 Å². The largest absolute Gasteiger partial charge is 0.490 e. The maximum absolute atomic E-state index is 13.2. The molecule has 96 valence electrons. The molecule has 17 heavy (non-hydrogen) atoms. The van der Waals surface area contributed by atoms with Crippen LogP contribution in [0.5, 0.6) is 5.75 Å². The molecule has 0 fully saturated rings. The maximum Gasteiger partial charge on any atom is 0.165 e. The van der Waals surface area contributed by atoms with Crippen molar-refractivity contribution in [2.75, 3.05) is 18.1 Å². The van der Waals surface area contributed by atoms with Crippen LogP contribution in [-0.2, 0) is 9.84 Å². The van der Waals surface area contributed by atoms with Gasteiger partial charge >= 0.3 is 0 Å². The smallest absolute Gasteiger partial charge is 0.165 e. The van der Waals surface area contributed by atoms with Gasteiger partial charge in [-0.05, 0) is 24.6 Å². The third kappa shape index (κ3) is 5.04. The highest BCUT2D eigenvalue weighted by Crippen LogP contribution is 2.22. The molecule has 3 nitrogen and oxygen atoms in total. The third-order valence-electron chi connectivity index (χ3n) is 2.19. The molecule has 0 N–H and O–H groups in total. The van der Waals surface area contributed by atoms with E-state index in [9.17, 15) is 12.8 Å². The van der Waals surface area contributed by atoms with Crippen molar-refractivity contribution < 1.29 is 17.5 Å². The van der Waals surface area contributed by atoms with Gasteiger partial charge in [0.1, 0.15) is 9.84 Å². The number of halogens is 2. The second-order valence-corrected chi connectivity index (χ2v) is 6.90. The van der Waals surface area contributed by atoms with Gasteiger partial charge in [-0.3, -0.25) is 0 Å². The van der Waals surface area contributed by atoms with Gasteiger partial charge in [-0.15, -0.1) is 0 Å². The van der Waals surface area contributed by atoms with Crippen molar-refractivity contribution in [3.8, 4) is 5.75 Å². The summed E-state index contributed by atoms with van der Waals surface area (Å²) in [4.78, 5) is 0. The minimum atomic E-state index is -2.98. The molecule has 0 bridgehead atoms. The fraction of sp³-hybridized carbons (Fsp3) is 0.455. The van der Waals surface area contributed by atoms with E-state index < -0.39 is 15.7 Å². The van der Waals surface area contributed by atoms with Crippen molar-refractivity contribution in [2.24, 2.45) is 0 Å². The summed E-state index contributed by atoms with van der Waals surface area (Å²) in [6.45, 7) is 1.79. The van der Waals surface area contributed by atoms with Gasteiger partial charge in [-0.1, -0.05) is 22.9 Å². The highest BCUT2D eigenvalue weighted by Gasteiger charge is 2.08. The molecule has 0 heterocycles. The normalized spacial score (nSPS) is 11.5. The summed E-state index contributed by atoms with van der Waals surface area (Å²) in [6, 6.07) is 4.38. The Bertz CT molecular complexity index is 474. The number of rotatable bonds is 6. The van der Waals surface area contributed by atoms with Crippen LogP contribution < -0.4 is 4.74 Å². The Hall–Kier alpha value is -0.620. The SMILES string of the molecule is CCS(=O)(=O)CCCOc1cc(Br)ccc1F. The molecule has 1 aromatic carbocycles. The van der Waals surface area contributed by atoms with Crippen molar-refractivity contribution in [1.29, 1.82) is 0 Å². The molecule has 6 heteroatoms. The summed E-state index contributed by atoms with van der Waals surface area (Å²) in [7, 11) is -2.98. The molecule has 1 rings (SSSR count). The average molecular weight is 325 g/mol. The Morgan fingerprint density at radius 3 is 2.76 bits per heavy atom. The van der Waals surface area contributed by atoms with Crippen LogP contribution in [0.15, 0.2) is 22.7 Å². The lowest BCUT2D eigenvalue weighted by Gasteiger charge is -2.07. The molecule has 0 unspecified atom stereocenters. The Balaban J connectivity index is 2.44. The van der Waals surface area contributed by atoms with Crippen LogP contribution in [0.4, 0.5) is 4.39 Å². The molecule has 0 saturated heterocycles. The molecule has 0 radical (unpaired) electrons. The summed E-state index contributed by atoms with van der Waals surface area (Å²) >= 11 is 3.21. The van der Waals surface area contributed by atoms with Crippen LogP contribution in [0.2, 0.25) is 0 Å². The van der Waals surface area contributed by atoms with Gasteiger partial charge in [0, 0.05) is 10.2 Å². The van der Waals surface area contributed by atoms with Crippen LogP contribution in [0, 0.1) is 5.82 Å². The van der Waals surface area contributed by atoms with Crippen molar-refractivity contribution in [3.05, 3.63) is 28.5 Å². The predicted octanol–water partition coefficient (Wildman–Crippen LogP) is 2.79. The molecule has 0 amide bonds. The van der Waals surface area contributed by atoms with Gasteiger partial charge in [0.05, 0.1) is 12.4 Å². The second-order valence-electron chi connectivity index (χ2n) is 3.51. The number of sulfone groups is 1. The Morgan fingerprint density at radius 1 is 1.41 bits per heavy atom. The molecule has 0 aliphatic heterocycles. The number of hydrogen-bond donors (Lipinski definition) is 0. The molecular formula is C11H14BrFO3S. The van der Waals surface area contributed by atoms with Gasteiger partial charge in [-0.2, -0.15) is 0 Å². The maximum atomic E-state index is 13.2. The van der Waals surface area contributed by atoms with E-state index in [0.29, 0.717) is 6.42 Å². The summed E-state index contributed by atoms with van der Waals surface area (Å²) < 4.78 is 41.5. The zero-order valence-corrected chi connectivity index (χ0v) is 11.9. The van der Waals surface area contributed by atoms with Crippen molar-refractivity contribution >= 4 is 25.8 Å². The van der Waals surface area contributed by atoms with Gasteiger partial charge in [-0.25, -0.2) is 12.8 Å². The molecular weight excluding hydrogens is 311 g/mol. The van der Waals surface area contributed by atoms with E-state index in [1.807, 2.05) is 0 Å². The number of benzene rings is 1. The van der Waals surface area contributed by atoms with Gasteiger partial charge < -0.3 is 4.74 Å². The van der Waals surface area contributed by atoms with E-state index in [4.69, 9.17) is 4.74 Å². The molecule has 0 aromatic heterocycles. The fourth-order valence-electron chi connectivity index (χ4n) is 1.19. The number of ether oxygens (including phenoxy) is 1. The third-order valence-corrected chi connectivity index (χ3v) is 4.47. The zero-order valence-electron chi connectivity index (χ0n) is 9.45. The summed E-state index contributed by atoms with van der Waals surface area (Å²) in [5, 5.41) is 0. The summed E-state index contributed by atoms with van der Waals surface area (Å²) in [6.07, 6.45) is 0.363. The lowest BCUT2D eigenvalue weighted by atomic mass is 10.3.